The molecule has 2 aromatic heterocycles. The van der Waals surface area contributed by atoms with E-state index in [-0.39, 0.29) is 11.8 Å². The minimum absolute atomic E-state index is 0.105. The molecule has 2 amide bonds. The van der Waals surface area contributed by atoms with E-state index in [9.17, 15) is 9.59 Å². The van der Waals surface area contributed by atoms with Gasteiger partial charge in [-0.15, -0.1) is 0 Å². The predicted octanol–water partition coefficient (Wildman–Crippen LogP) is 4.59. The van der Waals surface area contributed by atoms with Gasteiger partial charge in [0.05, 0.1) is 42.4 Å². The minimum atomic E-state index is -0.110. The highest BCUT2D eigenvalue weighted by Crippen LogP contribution is 2.16. The number of pyridine rings is 1. The number of nitrogens with zero attached hydrogens (tertiary/aromatic N) is 4. The number of nitrogens with one attached hydrogen (secondary N) is 1. The number of hydrogen-bond donors (Lipinski definition) is 1. The molecule has 4 aromatic rings. The van der Waals surface area contributed by atoms with Crippen LogP contribution in [0.5, 0.6) is 0 Å². The smallest absolute Gasteiger partial charge is 0.254 e. The molecule has 0 aliphatic heterocycles. The molecule has 0 fully saturated rings. The summed E-state index contributed by atoms with van der Waals surface area (Å²) in [5.74, 6) is -0.215. The first-order valence-electron chi connectivity index (χ1n) is 11.6. The normalized spacial score (nSPS) is 10.7. The number of benzene rings is 2. The second-order valence-electron chi connectivity index (χ2n) is 8.61. The molecule has 7 nitrogen and oxygen atoms in total. The molecule has 178 valence electrons. The first kappa shape index (κ1) is 23.9. The Kier molecular flexibility index (Phi) is 7.35. The molecule has 0 bridgehead atoms. The van der Waals surface area contributed by atoms with Crippen LogP contribution in [-0.2, 0) is 24.2 Å². The number of amides is 2. The summed E-state index contributed by atoms with van der Waals surface area (Å²) in [6, 6.07) is 19.1. The van der Waals surface area contributed by atoms with Crippen molar-refractivity contribution < 1.29 is 9.59 Å². The van der Waals surface area contributed by atoms with Gasteiger partial charge in [-0.05, 0) is 48.7 Å². The molecule has 0 saturated heterocycles. The molecule has 7 heteroatoms. The van der Waals surface area contributed by atoms with E-state index in [0.717, 1.165) is 28.9 Å². The van der Waals surface area contributed by atoms with E-state index >= 15 is 0 Å². The summed E-state index contributed by atoms with van der Waals surface area (Å²) in [7, 11) is 1.76. The van der Waals surface area contributed by atoms with Gasteiger partial charge in [-0.2, -0.15) is 5.10 Å². The van der Waals surface area contributed by atoms with E-state index in [1.807, 2.05) is 61.7 Å². The summed E-state index contributed by atoms with van der Waals surface area (Å²) in [6.07, 6.45) is 6.41. The maximum atomic E-state index is 13.0. The van der Waals surface area contributed by atoms with Gasteiger partial charge in [-0.25, -0.2) is 4.68 Å². The summed E-state index contributed by atoms with van der Waals surface area (Å²) in [6.45, 7) is 4.51. The first-order chi connectivity index (χ1) is 16.9. The third-order valence-corrected chi connectivity index (χ3v) is 5.71. The molecular weight excluding hydrogens is 438 g/mol. The van der Waals surface area contributed by atoms with E-state index < -0.39 is 0 Å². The van der Waals surface area contributed by atoms with Crippen LogP contribution >= 0.6 is 0 Å². The van der Waals surface area contributed by atoms with Gasteiger partial charge in [0.1, 0.15) is 0 Å². The summed E-state index contributed by atoms with van der Waals surface area (Å²) in [5.41, 5.74) is 5.96. The minimum Gasteiger partial charge on any atom is -0.336 e. The molecule has 0 unspecified atom stereocenters. The second kappa shape index (κ2) is 10.8. The largest absolute Gasteiger partial charge is 0.336 e. The van der Waals surface area contributed by atoms with E-state index in [1.54, 1.807) is 41.2 Å². The van der Waals surface area contributed by atoms with Gasteiger partial charge in [0.25, 0.3) is 5.91 Å². The molecule has 0 spiro atoms. The third kappa shape index (κ3) is 6.20. The Bertz CT molecular complexity index is 1330. The van der Waals surface area contributed by atoms with Crippen molar-refractivity contribution in [3.05, 3.63) is 107 Å². The number of carbonyl (C=O) groups excluding carboxylic acids is 2. The topological polar surface area (TPSA) is 80.1 Å². The van der Waals surface area contributed by atoms with Crippen molar-refractivity contribution in [2.45, 2.75) is 33.2 Å². The number of anilines is 1. The van der Waals surface area contributed by atoms with Crippen LogP contribution in [0.25, 0.3) is 5.69 Å². The molecule has 0 saturated carbocycles. The maximum Gasteiger partial charge on any atom is 0.254 e. The number of carbonyl (C=O) groups is 2. The average Bonchev–Trinajstić information content (AvgIpc) is 3.32. The maximum absolute atomic E-state index is 13.0. The lowest BCUT2D eigenvalue weighted by Crippen LogP contribution is -2.26. The molecule has 4 rings (SSSR count). The van der Waals surface area contributed by atoms with Gasteiger partial charge >= 0.3 is 0 Å². The molecule has 0 aliphatic carbocycles. The zero-order chi connectivity index (χ0) is 24.8. The third-order valence-electron chi connectivity index (χ3n) is 5.71. The van der Waals surface area contributed by atoms with Crippen molar-refractivity contribution in [1.29, 1.82) is 0 Å². The lowest BCUT2D eigenvalue weighted by molar-refractivity contribution is -0.115. The Morgan fingerprint density at radius 2 is 1.83 bits per heavy atom. The number of hydrogen-bond acceptors (Lipinski definition) is 4. The Balaban J connectivity index is 1.41. The van der Waals surface area contributed by atoms with Crippen LogP contribution in [0.1, 0.15) is 39.7 Å². The van der Waals surface area contributed by atoms with E-state index in [2.05, 4.69) is 22.3 Å². The number of rotatable bonds is 8. The van der Waals surface area contributed by atoms with Gasteiger partial charge in [-0.1, -0.05) is 48.9 Å². The van der Waals surface area contributed by atoms with Crippen molar-refractivity contribution in [2.75, 3.05) is 12.4 Å². The SMILES string of the molecule is CCc1ccc(CN(C)C(=O)c2cccc(-n3cc(NC(=O)Cc4cccc(C)c4)cn3)c2)nc1. The fraction of sp³-hybridized carbons (Fsp3) is 0.214. The van der Waals surface area contributed by atoms with Gasteiger partial charge < -0.3 is 10.2 Å². The molecule has 35 heavy (non-hydrogen) atoms. The summed E-state index contributed by atoms with van der Waals surface area (Å²) in [5, 5.41) is 7.24. The van der Waals surface area contributed by atoms with Crippen molar-refractivity contribution in [3.63, 3.8) is 0 Å². The van der Waals surface area contributed by atoms with Crippen LogP contribution in [0, 0.1) is 6.92 Å². The highest BCUT2D eigenvalue weighted by molar-refractivity contribution is 5.94. The van der Waals surface area contributed by atoms with Gasteiger partial charge in [0.2, 0.25) is 5.91 Å². The Hall–Kier alpha value is -4.26. The number of aryl methyl sites for hydroxylation is 2. The average molecular weight is 468 g/mol. The summed E-state index contributed by atoms with van der Waals surface area (Å²) >= 11 is 0. The Labute approximate surface area is 205 Å². The molecule has 2 aromatic carbocycles. The molecule has 0 atom stereocenters. The highest BCUT2D eigenvalue weighted by atomic mass is 16.2. The summed E-state index contributed by atoms with van der Waals surface area (Å²) < 4.78 is 1.64. The van der Waals surface area contributed by atoms with Crippen molar-refractivity contribution >= 4 is 17.5 Å². The Morgan fingerprint density at radius 3 is 2.57 bits per heavy atom. The van der Waals surface area contributed by atoms with E-state index in [1.165, 1.54) is 5.56 Å². The molecule has 0 radical (unpaired) electrons. The number of aromatic nitrogens is 3. The first-order valence-corrected chi connectivity index (χ1v) is 11.6. The zero-order valence-corrected chi connectivity index (χ0v) is 20.2. The molecular formula is C28H29N5O2. The second-order valence-corrected chi connectivity index (χ2v) is 8.61. The predicted molar refractivity (Wildman–Crippen MR) is 136 cm³/mol. The molecule has 0 aliphatic rings. The van der Waals surface area contributed by atoms with Crippen LogP contribution < -0.4 is 5.32 Å². The Morgan fingerprint density at radius 1 is 1.00 bits per heavy atom. The van der Waals surface area contributed by atoms with E-state index in [4.69, 9.17) is 0 Å². The van der Waals surface area contributed by atoms with Gasteiger partial charge in [0.15, 0.2) is 0 Å². The molecule has 2 heterocycles. The van der Waals surface area contributed by atoms with Crippen molar-refractivity contribution in [2.24, 2.45) is 0 Å². The van der Waals surface area contributed by atoms with Crippen LogP contribution in [-0.4, -0.2) is 38.5 Å². The standard InChI is InChI=1S/C28H29N5O2/c1-4-21-11-12-24(29-16-21)18-32(3)28(35)23-9-6-10-26(15-23)33-19-25(17-30-33)31-27(34)14-22-8-5-7-20(2)13-22/h5-13,15-17,19H,4,14,18H2,1-3H3,(H,31,34). The zero-order valence-electron chi connectivity index (χ0n) is 20.2. The van der Waals surface area contributed by atoms with Gasteiger partial charge in [0, 0.05) is 18.8 Å². The van der Waals surface area contributed by atoms with E-state index in [0.29, 0.717) is 24.2 Å². The monoisotopic (exact) mass is 467 g/mol. The van der Waals surface area contributed by atoms with Gasteiger partial charge in [-0.3, -0.25) is 14.6 Å². The van der Waals surface area contributed by atoms with Crippen molar-refractivity contribution in [3.8, 4) is 5.69 Å². The van der Waals surface area contributed by atoms with Crippen LogP contribution in [0.2, 0.25) is 0 Å². The lowest BCUT2D eigenvalue weighted by atomic mass is 10.1. The fourth-order valence-electron chi connectivity index (χ4n) is 3.82. The van der Waals surface area contributed by atoms with Crippen LogP contribution in [0.4, 0.5) is 5.69 Å². The quantitative estimate of drug-likeness (QED) is 0.411. The van der Waals surface area contributed by atoms with Crippen molar-refractivity contribution in [1.82, 2.24) is 19.7 Å². The fourth-order valence-corrected chi connectivity index (χ4v) is 3.82. The van der Waals surface area contributed by atoms with Crippen LogP contribution in [0.3, 0.4) is 0 Å². The lowest BCUT2D eigenvalue weighted by Gasteiger charge is -2.17. The summed E-state index contributed by atoms with van der Waals surface area (Å²) in [4.78, 5) is 31.5. The highest BCUT2D eigenvalue weighted by Gasteiger charge is 2.14. The molecule has 1 N–H and O–H groups in total. The van der Waals surface area contributed by atoms with Crippen LogP contribution in [0.15, 0.2) is 79.3 Å².